The lowest BCUT2D eigenvalue weighted by Gasteiger charge is -2.09. The minimum Gasteiger partial charge on any atom is -0.467 e. The Balaban J connectivity index is 2.91. The Kier molecular flexibility index (Phi) is 3.48. The van der Waals surface area contributed by atoms with E-state index in [4.69, 9.17) is 0 Å². The zero-order valence-corrected chi connectivity index (χ0v) is 8.15. The Morgan fingerprint density at radius 1 is 1.50 bits per heavy atom. The molecule has 1 unspecified atom stereocenters. The summed E-state index contributed by atoms with van der Waals surface area (Å²) in [6.45, 7) is 0. The van der Waals surface area contributed by atoms with Gasteiger partial charge in [0, 0.05) is 11.8 Å². The van der Waals surface area contributed by atoms with Crippen molar-refractivity contribution in [1.29, 1.82) is 0 Å². The molecule has 0 saturated carbocycles. The normalized spacial score (nSPS) is 13.3. The first kappa shape index (κ1) is 12.4. The summed E-state index contributed by atoms with van der Waals surface area (Å²) < 4.78 is 40.6. The highest BCUT2D eigenvalue weighted by Crippen LogP contribution is 2.27. The Labute approximate surface area is 88.7 Å². The van der Waals surface area contributed by atoms with Gasteiger partial charge < -0.3 is 9.84 Å². The summed E-state index contributed by atoms with van der Waals surface area (Å²) in [4.78, 5) is 14.0. The molecule has 0 amide bonds. The first-order valence-electron chi connectivity index (χ1n) is 4.15. The molecule has 1 rings (SSSR count). The van der Waals surface area contributed by atoms with Gasteiger partial charge >= 0.3 is 12.1 Å². The number of esters is 1. The van der Waals surface area contributed by atoms with Crippen LogP contribution in [0.4, 0.5) is 13.2 Å². The predicted molar refractivity (Wildman–Crippen MR) is 46.2 cm³/mol. The van der Waals surface area contributed by atoms with Crippen molar-refractivity contribution in [2.45, 2.75) is 12.3 Å². The van der Waals surface area contributed by atoms with Gasteiger partial charge in [0.2, 0.25) is 0 Å². The molecule has 7 heteroatoms. The molecular weight excluding hydrogens is 227 g/mol. The fraction of sp³-hybridized carbons (Fsp3) is 0.333. The number of ether oxygens (including phenoxy) is 1. The summed E-state index contributed by atoms with van der Waals surface area (Å²) in [5.41, 5.74) is -1.15. The number of carbonyl (C=O) groups excluding carboxylic acids is 1. The van der Waals surface area contributed by atoms with Crippen molar-refractivity contribution in [2.24, 2.45) is 0 Å². The van der Waals surface area contributed by atoms with E-state index in [-0.39, 0.29) is 5.56 Å². The van der Waals surface area contributed by atoms with Crippen molar-refractivity contribution in [3.8, 4) is 0 Å². The molecule has 1 aromatic heterocycles. The SMILES string of the molecule is COC(=O)C(O)c1ccc(C(F)(F)F)nc1. The zero-order valence-electron chi connectivity index (χ0n) is 8.15. The Hall–Kier alpha value is -1.63. The van der Waals surface area contributed by atoms with Gasteiger partial charge in [-0.25, -0.2) is 4.79 Å². The molecule has 4 nitrogen and oxygen atoms in total. The summed E-state index contributed by atoms with van der Waals surface area (Å²) in [6, 6.07) is 1.65. The monoisotopic (exact) mass is 235 g/mol. The molecule has 0 aliphatic carbocycles. The van der Waals surface area contributed by atoms with Crippen LogP contribution in [0.5, 0.6) is 0 Å². The standard InChI is InChI=1S/C9H8F3NO3/c1-16-8(15)7(14)5-2-3-6(13-4-5)9(10,11)12/h2-4,7,14H,1H3. The molecule has 1 atom stereocenters. The van der Waals surface area contributed by atoms with Gasteiger partial charge in [0.1, 0.15) is 5.69 Å². The van der Waals surface area contributed by atoms with Crippen LogP contribution < -0.4 is 0 Å². The van der Waals surface area contributed by atoms with Crippen molar-refractivity contribution in [1.82, 2.24) is 4.98 Å². The topological polar surface area (TPSA) is 59.4 Å². The van der Waals surface area contributed by atoms with Gasteiger partial charge in [-0.3, -0.25) is 4.98 Å². The van der Waals surface area contributed by atoms with E-state index in [1.54, 1.807) is 0 Å². The van der Waals surface area contributed by atoms with Crippen LogP contribution in [0.3, 0.4) is 0 Å². The van der Waals surface area contributed by atoms with E-state index >= 15 is 0 Å². The summed E-state index contributed by atoms with van der Waals surface area (Å²) in [7, 11) is 1.06. The Morgan fingerprint density at radius 3 is 2.50 bits per heavy atom. The second-order valence-corrected chi connectivity index (χ2v) is 2.90. The minimum absolute atomic E-state index is 0.0557. The molecule has 0 saturated heterocycles. The maximum atomic E-state index is 12.1. The van der Waals surface area contributed by atoms with E-state index in [9.17, 15) is 23.1 Å². The molecule has 0 aliphatic heterocycles. The van der Waals surface area contributed by atoms with Gasteiger partial charge in [-0.05, 0) is 6.07 Å². The van der Waals surface area contributed by atoms with Crippen molar-refractivity contribution in [3.63, 3.8) is 0 Å². The van der Waals surface area contributed by atoms with E-state index in [2.05, 4.69) is 9.72 Å². The summed E-state index contributed by atoms with van der Waals surface area (Å²) in [5.74, 6) is -0.957. The van der Waals surface area contributed by atoms with Gasteiger partial charge in [0.05, 0.1) is 7.11 Å². The number of alkyl halides is 3. The third-order valence-electron chi connectivity index (χ3n) is 1.82. The summed E-state index contributed by atoms with van der Waals surface area (Å²) in [6.07, 6.45) is -5.39. The molecule has 0 fully saturated rings. The van der Waals surface area contributed by atoms with E-state index in [0.717, 1.165) is 19.4 Å². The van der Waals surface area contributed by atoms with E-state index in [1.807, 2.05) is 0 Å². The molecular formula is C9H8F3NO3. The number of pyridine rings is 1. The number of methoxy groups -OCH3 is 1. The summed E-state index contributed by atoms with van der Waals surface area (Å²) >= 11 is 0. The van der Waals surface area contributed by atoms with Crippen LogP contribution in [0.1, 0.15) is 17.4 Å². The van der Waals surface area contributed by atoms with Gasteiger partial charge in [0.25, 0.3) is 0 Å². The molecule has 0 radical (unpaired) electrons. The van der Waals surface area contributed by atoms with Crippen LogP contribution in [-0.4, -0.2) is 23.2 Å². The van der Waals surface area contributed by atoms with Crippen LogP contribution in [0.15, 0.2) is 18.3 Å². The van der Waals surface area contributed by atoms with Crippen molar-refractivity contribution in [3.05, 3.63) is 29.6 Å². The molecule has 16 heavy (non-hydrogen) atoms. The molecule has 0 aliphatic rings. The molecule has 0 bridgehead atoms. The quantitative estimate of drug-likeness (QED) is 0.785. The van der Waals surface area contributed by atoms with Gasteiger partial charge in [-0.2, -0.15) is 13.2 Å². The molecule has 0 aromatic carbocycles. The lowest BCUT2D eigenvalue weighted by atomic mass is 10.1. The number of rotatable bonds is 2. The van der Waals surface area contributed by atoms with Crippen LogP contribution >= 0.6 is 0 Å². The van der Waals surface area contributed by atoms with Crippen molar-refractivity contribution in [2.75, 3.05) is 7.11 Å². The smallest absolute Gasteiger partial charge is 0.433 e. The Bertz CT molecular complexity index is 375. The van der Waals surface area contributed by atoms with E-state index < -0.39 is 23.9 Å². The van der Waals surface area contributed by atoms with E-state index in [1.165, 1.54) is 0 Å². The number of hydrogen-bond acceptors (Lipinski definition) is 4. The van der Waals surface area contributed by atoms with Crippen LogP contribution in [0, 0.1) is 0 Å². The number of aliphatic hydroxyl groups excluding tert-OH is 1. The third-order valence-corrected chi connectivity index (χ3v) is 1.82. The average Bonchev–Trinajstić information content (AvgIpc) is 2.26. The fourth-order valence-corrected chi connectivity index (χ4v) is 0.982. The third kappa shape index (κ3) is 2.69. The highest BCUT2D eigenvalue weighted by Gasteiger charge is 2.32. The molecule has 1 heterocycles. The average molecular weight is 235 g/mol. The first-order chi connectivity index (χ1) is 7.36. The first-order valence-corrected chi connectivity index (χ1v) is 4.15. The lowest BCUT2D eigenvalue weighted by Crippen LogP contribution is -2.15. The number of aromatic nitrogens is 1. The highest BCUT2D eigenvalue weighted by atomic mass is 19.4. The Morgan fingerprint density at radius 2 is 2.12 bits per heavy atom. The maximum absolute atomic E-state index is 12.1. The maximum Gasteiger partial charge on any atom is 0.433 e. The second-order valence-electron chi connectivity index (χ2n) is 2.90. The number of hydrogen-bond donors (Lipinski definition) is 1. The lowest BCUT2D eigenvalue weighted by molar-refractivity contribution is -0.150. The van der Waals surface area contributed by atoms with E-state index in [0.29, 0.717) is 6.07 Å². The number of halogens is 3. The van der Waals surface area contributed by atoms with Crippen LogP contribution in [0.2, 0.25) is 0 Å². The van der Waals surface area contributed by atoms with Crippen molar-refractivity contribution >= 4 is 5.97 Å². The number of nitrogens with zero attached hydrogens (tertiary/aromatic N) is 1. The molecule has 1 N–H and O–H groups in total. The highest BCUT2D eigenvalue weighted by molar-refractivity contribution is 5.75. The molecule has 1 aromatic rings. The van der Waals surface area contributed by atoms with Crippen molar-refractivity contribution < 1.29 is 27.8 Å². The predicted octanol–water partition coefficient (Wildman–Crippen LogP) is 1.31. The molecule has 0 spiro atoms. The number of aliphatic hydroxyl groups is 1. The van der Waals surface area contributed by atoms with Gasteiger partial charge in [-0.15, -0.1) is 0 Å². The second kappa shape index (κ2) is 4.48. The van der Waals surface area contributed by atoms with Gasteiger partial charge in [-0.1, -0.05) is 6.07 Å². The minimum atomic E-state index is -4.55. The zero-order chi connectivity index (χ0) is 12.3. The number of carbonyl (C=O) groups is 1. The largest absolute Gasteiger partial charge is 0.467 e. The molecule has 88 valence electrons. The fourth-order valence-electron chi connectivity index (χ4n) is 0.982. The van der Waals surface area contributed by atoms with Gasteiger partial charge in [0.15, 0.2) is 6.10 Å². The van der Waals surface area contributed by atoms with Crippen LogP contribution in [-0.2, 0) is 15.7 Å². The van der Waals surface area contributed by atoms with Crippen LogP contribution in [0.25, 0.3) is 0 Å². The summed E-state index contributed by atoms with van der Waals surface area (Å²) in [5, 5.41) is 9.29.